The Kier molecular flexibility index (Phi) is 5.94. The van der Waals surface area contributed by atoms with Crippen molar-refractivity contribution in [2.75, 3.05) is 0 Å². The highest BCUT2D eigenvalue weighted by Crippen LogP contribution is 2.21. The summed E-state index contributed by atoms with van der Waals surface area (Å²) < 4.78 is 0. The summed E-state index contributed by atoms with van der Waals surface area (Å²) in [5.41, 5.74) is 4.66. The van der Waals surface area contributed by atoms with Gasteiger partial charge in [0.2, 0.25) is 0 Å². The first-order valence-corrected chi connectivity index (χ1v) is 8.08. The van der Waals surface area contributed by atoms with Gasteiger partial charge in [-0.05, 0) is 42.0 Å². The van der Waals surface area contributed by atoms with E-state index in [0.717, 1.165) is 11.1 Å². The fourth-order valence-electron chi connectivity index (χ4n) is 2.59. The number of carboxylic acid groups (broad SMARTS) is 1. The van der Waals surface area contributed by atoms with Gasteiger partial charge in [0.15, 0.2) is 0 Å². The minimum absolute atomic E-state index is 0.350. The molecule has 0 saturated heterocycles. The van der Waals surface area contributed by atoms with E-state index in [-0.39, 0.29) is 0 Å². The molecular formula is C20H25NO2. The third-order valence-electron chi connectivity index (χ3n) is 3.87. The second kappa shape index (κ2) is 7.93. The number of rotatable bonds is 7. The number of carboxylic acids is 1. The Morgan fingerprint density at radius 2 is 1.78 bits per heavy atom. The van der Waals surface area contributed by atoms with Crippen LogP contribution >= 0.6 is 0 Å². The molecule has 1 atom stereocenters. The summed E-state index contributed by atoms with van der Waals surface area (Å²) in [5.74, 6) is -0.434. The molecule has 23 heavy (non-hydrogen) atoms. The molecule has 0 aromatic heterocycles. The Balaban J connectivity index is 2.07. The molecule has 0 radical (unpaired) electrons. The summed E-state index contributed by atoms with van der Waals surface area (Å²) >= 11 is 0. The number of benzene rings is 2. The van der Waals surface area contributed by atoms with Crippen LogP contribution in [0.2, 0.25) is 0 Å². The van der Waals surface area contributed by atoms with E-state index in [1.807, 2.05) is 26.0 Å². The first kappa shape index (κ1) is 17.2. The van der Waals surface area contributed by atoms with Gasteiger partial charge in [-0.15, -0.1) is 0 Å². The van der Waals surface area contributed by atoms with Gasteiger partial charge in [-0.3, -0.25) is 4.79 Å². The van der Waals surface area contributed by atoms with Gasteiger partial charge in [0.05, 0.1) is 0 Å². The Morgan fingerprint density at radius 3 is 2.39 bits per heavy atom. The van der Waals surface area contributed by atoms with Gasteiger partial charge < -0.3 is 10.4 Å². The van der Waals surface area contributed by atoms with E-state index in [2.05, 4.69) is 48.6 Å². The number of hydrogen-bond acceptors (Lipinski definition) is 2. The van der Waals surface area contributed by atoms with E-state index >= 15 is 0 Å². The molecule has 2 rings (SSSR count). The first-order valence-electron chi connectivity index (χ1n) is 8.08. The topological polar surface area (TPSA) is 49.3 Å². The average Bonchev–Trinajstić information content (AvgIpc) is 2.52. The highest BCUT2D eigenvalue weighted by atomic mass is 16.4. The monoisotopic (exact) mass is 311 g/mol. The molecule has 0 aliphatic carbocycles. The molecule has 0 amide bonds. The van der Waals surface area contributed by atoms with E-state index in [4.69, 9.17) is 0 Å². The summed E-state index contributed by atoms with van der Waals surface area (Å²) in [7, 11) is 0. The lowest BCUT2D eigenvalue weighted by Crippen LogP contribution is -2.37. The van der Waals surface area contributed by atoms with E-state index in [0.29, 0.717) is 18.9 Å². The van der Waals surface area contributed by atoms with Crippen molar-refractivity contribution in [1.82, 2.24) is 5.32 Å². The van der Waals surface area contributed by atoms with Crippen LogP contribution in [-0.2, 0) is 11.3 Å². The molecule has 0 bridgehead atoms. The maximum Gasteiger partial charge on any atom is 0.320 e. The number of carbonyl (C=O) groups is 1. The Hall–Kier alpha value is -2.13. The standard InChI is InChI=1S/C20H25NO2/c1-14(2)11-19(20(22)23)21-13-16-5-4-6-18(12-16)17-9-7-15(3)8-10-17/h4-10,12,14,19,21H,11,13H2,1-3H3,(H,22,23). The van der Waals surface area contributed by atoms with Crippen LogP contribution in [0.5, 0.6) is 0 Å². The van der Waals surface area contributed by atoms with E-state index in [1.165, 1.54) is 11.1 Å². The Bertz CT molecular complexity index is 647. The van der Waals surface area contributed by atoms with Gasteiger partial charge in [0.25, 0.3) is 0 Å². The molecule has 2 N–H and O–H groups in total. The third kappa shape index (κ3) is 5.22. The van der Waals surface area contributed by atoms with Gasteiger partial charge in [0, 0.05) is 6.54 Å². The molecule has 0 saturated carbocycles. The van der Waals surface area contributed by atoms with Crippen molar-refractivity contribution in [2.45, 2.75) is 39.8 Å². The lowest BCUT2D eigenvalue weighted by Gasteiger charge is -2.16. The molecule has 0 aliphatic rings. The zero-order chi connectivity index (χ0) is 16.8. The predicted molar refractivity (Wildman–Crippen MR) is 94.3 cm³/mol. The van der Waals surface area contributed by atoms with Gasteiger partial charge in [-0.25, -0.2) is 0 Å². The highest BCUT2D eigenvalue weighted by molar-refractivity contribution is 5.73. The second-order valence-corrected chi connectivity index (χ2v) is 6.47. The number of aryl methyl sites for hydroxylation is 1. The summed E-state index contributed by atoms with van der Waals surface area (Å²) in [6, 6.07) is 16.2. The van der Waals surface area contributed by atoms with Crippen molar-refractivity contribution in [1.29, 1.82) is 0 Å². The van der Waals surface area contributed by atoms with Crippen LogP contribution in [0.1, 0.15) is 31.4 Å². The Labute approximate surface area is 138 Å². The Morgan fingerprint density at radius 1 is 1.09 bits per heavy atom. The molecule has 2 aromatic carbocycles. The SMILES string of the molecule is Cc1ccc(-c2cccc(CNC(CC(C)C)C(=O)O)c2)cc1. The van der Waals surface area contributed by atoms with Crippen molar-refractivity contribution in [2.24, 2.45) is 5.92 Å². The molecular weight excluding hydrogens is 286 g/mol. The van der Waals surface area contributed by atoms with Crippen LogP contribution in [0.3, 0.4) is 0 Å². The zero-order valence-electron chi connectivity index (χ0n) is 14.0. The van der Waals surface area contributed by atoms with Crippen LogP contribution in [0.4, 0.5) is 0 Å². The molecule has 0 heterocycles. The molecule has 3 nitrogen and oxygen atoms in total. The fraction of sp³-hybridized carbons (Fsp3) is 0.350. The zero-order valence-corrected chi connectivity index (χ0v) is 14.0. The van der Waals surface area contributed by atoms with Gasteiger partial charge in [-0.1, -0.05) is 61.9 Å². The maximum atomic E-state index is 11.3. The van der Waals surface area contributed by atoms with Gasteiger partial charge in [0.1, 0.15) is 6.04 Å². The number of hydrogen-bond donors (Lipinski definition) is 2. The number of aliphatic carboxylic acids is 1. The van der Waals surface area contributed by atoms with Crippen LogP contribution in [-0.4, -0.2) is 17.1 Å². The van der Waals surface area contributed by atoms with Crippen molar-refractivity contribution < 1.29 is 9.90 Å². The summed E-state index contributed by atoms with van der Waals surface area (Å²) in [5, 5.41) is 12.5. The molecule has 122 valence electrons. The minimum atomic E-state index is -0.784. The molecule has 0 spiro atoms. The lowest BCUT2D eigenvalue weighted by molar-refractivity contribution is -0.140. The van der Waals surface area contributed by atoms with Crippen LogP contribution in [0.25, 0.3) is 11.1 Å². The van der Waals surface area contributed by atoms with Crippen molar-refractivity contribution >= 4 is 5.97 Å². The fourth-order valence-corrected chi connectivity index (χ4v) is 2.59. The second-order valence-electron chi connectivity index (χ2n) is 6.47. The van der Waals surface area contributed by atoms with Gasteiger partial charge in [-0.2, -0.15) is 0 Å². The van der Waals surface area contributed by atoms with Crippen LogP contribution in [0.15, 0.2) is 48.5 Å². The largest absolute Gasteiger partial charge is 0.480 e. The van der Waals surface area contributed by atoms with Crippen molar-refractivity contribution in [3.63, 3.8) is 0 Å². The molecule has 0 aliphatic heterocycles. The van der Waals surface area contributed by atoms with Gasteiger partial charge >= 0.3 is 5.97 Å². The normalized spacial score (nSPS) is 12.3. The van der Waals surface area contributed by atoms with Crippen molar-refractivity contribution in [3.8, 4) is 11.1 Å². The van der Waals surface area contributed by atoms with Crippen molar-refractivity contribution in [3.05, 3.63) is 59.7 Å². The van der Waals surface area contributed by atoms with Crippen LogP contribution in [0, 0.1) is 12.8 Å². The summed E-state index contributed by atoms with van der Waals surface area (Å²) in [6.45, 7) is 6.71. The summed E-state index contributed by atoms with van der Waals surface area (Å²) in [4.78, 5) is 11.3. The molecule has 3 heteroatoms. The quantitative estimate of drug-likeness (QED) is 0.803. The average molecular weight is 311 g/mol. The first-order chi connectivity index (χ1) is 11.0. The highest BCUT2D eigenvalue weighted by Gasteiger charge is 2.17. The smallest absolute Gasteiger partial charge is 0.320 e. The van der Waals surface area contributed by atoms with E-state index < -0.39 is 12.0 Å². The molecule has 1 unspecified atom stereocenters. The van der Waals surface area contributed by atoms with Crippen LogP contribution < -0.4 is 5.32 Å². The maximum absolute atomic E-state index is 11.3. The number of nitrogens with one attached hydrogen (secondary N) is 1. The van der Waals surface area contributed by atoms with E-state index in [9.17, 15) is 9.90 Å². The minimum Gasteiger partial charge on any atom is -0.480 e. The predicted octanol–water partition coefficient (Wildman–Crippen LogP) is 4.25. The third-order valence-corrected chi connectivity index (χ3v) is 3.87. The molecule has 2 aromatic rings. The van der Waals surface area contributed by atoms with E-state index in [1.54, 1.807) is 0 Å². The summed E-state index contributed by atoms with van der Waals surface area (Å²) in [6.07, 6.45) is 0.632. The molecule has 0 fully saturated rings. The lowest BCUT2D eigenvalue weighted by atomic mass is 10.0.